The van der Waals surface area contributed by atoms with Crippen LogP contribution in [-0.4, -0.2) is 14.7 Å². The Morgan fingerprint density at radius 1 is 1.20 bits per heavy atom. The Kier molecular flexibility index (Phi) is 2.97. The van der Waals surface area contributed by atoms with Crippen LogP contribution < -0.4 is 0 Å². The minimum absolute atomic E-state index is 0.239. The van der Waals surface area contributed by atoms with E-state index < -0.39 is 0 Å². The summed E-state index contributed by atoms with van der Waals surface area (Å²) >= 11 is 0. The fourth-order valence-corrected chi connectivity index (χ4v) is 2.66. The fourth-order valence-electron chi connectivity index (χ4n) is 2.66. The van der Waals surface area contributed by atoms with Crippen LogP contribution in [0.1, 0.15) is 25.5 Å². The van der Waals surface area contributed by atoms with Gasteiger partial charge in [-0.25, -0.2) is 0 Å². The van der Waals surface area contributed by atoms with Gasteiger partial charge in [0, 0.05) is 41.0 Å². The fraction of sp³-hybridized carbons (Fsp3) is 0.235. The third kappa shape index (κ3) is 1.95. The first-order valence-electron chi connectivity index (χ1n) is 6.82. The second kappa shape index (κ2) is 4.67. The first kappa shape index (κ1) is 12.7. The molecule has 20 heavy (non-hydrogen) atoms. The van der Waals surface area contributed by atoms with Gasteiger partial charge in [0.2, 0.25) is 0 Å². The molecule has 3 heteroatoms. The van der Waals surface area contributed by atoms with E-state index in [1.807, 2.05) is 36.0 Å². The maximum absolute atomic E-state index is 10.4. The summed E-state index contributed by atoms with van der Waals surface area (Å²) in [5.41, 5.74) is 3.30. The zero-order valence-corrected chi connectivity index (χ0v) is 12.0. The van der Waals surface area contributed by atoms with Crippen LogP contribution in [0.2, 0.25) is 0 Å². The Balaban J connectivity index is 2.25. The molecule has 102 valence electrons. The number of rotatable bonds is 2. The van der Waals surface area contributed by atoms with Crippen molar-refractivity contribution in [1.82, 2.24) is 9.55 Å². The number of hydrogen-bond acceptors (Lipinski definition) is 2. The van der Waals surface area contributed by atoms with Gasteiger partial charge < -0.3 is 9.67 Å². The number of fused-ring (bicyclic) bond motifs is 1. The molecular weight excluding hydrogens is 248 g/mol. The van der Waals surface area contributed by atoms with Gasteiger partial charge >= 0.3 is 0 Å². The van der Waals surface area contributed by atoms with Gasteiger partial charge in [-0.1, -0.05) is 12.1 Å². The third-order valence-electron chi connectivity index (χ3n) is 3.66. The lowest BCUT2D eigenvalue weighted by molar-refractivity contribution is 0.405. The summed E-state index contributed by atoms with van der Waals surface area (Å²) in [6, 6.07) is 8.43. The molecule has 0 atom stereocenters. The number of pyridine rings is 1. The molecule has 0 saturated carbocycles. The summed E-state index contributed by atoms with van der Waals surface area (Å²) in [5, 5.41) is 12.4. The van der Waals surface area contributed by atoms with Gasteiger partial charge in [-0.2, -0.15) is 0 Å². The normalized spacial score (nSPS) is 11.4. The van der Waals surface area contributed by atoms with Gasteiger partial charge in [-0.15, -0.1) is 0 Å². The predicted octanol–water partition coefficient (Wildman–Crippen LogP) is 4.30. The zero-order chi connectivity index (χ0) is 14.3. The smallest absolute Gasteiger partial charge is 0.199 e. The summed E-state index contributed by atoms with van der Waals surface area (Å²) in [7, 11) is 0. The molecule has 1 N–H and O–H groups in total. The van der Waals surface area contributed by atoms with Crippen molar-refractivity contribution < 1.29 is 5.11 Å². The quantitative estimate of drug-likeness (QED) is 0.751. The van der Waals surface area contributed by atoms with Gasteiger partial charge in [0.15, 0.2) is 5.88 Å². The lowest BCUT2D eigenvalue weighted by Gasteiger charge is -2.08. The highest BCUT2D eigenvalue weighted by Gasteiger charge is 2.14. The summed E-state index contributed by atoms with van der Waals surface area (Å²) in [5.74, 6) is 0.352. The monoisotopic (exact) mass is 266 g/mol. The second-order valence-electron chi connectivity index (χ2n) is 5.45. The van der Waals surface area contributed by atoms with Crippen LogP contribution in [-0.2, 0) is 0 Å². The number of aromatic hydroxyl groups is 1. The molecule has 0 saturated heterocycles. The average Bonchev–Trinajstić information content (AvgIpc) is 2.77. The Bertz CT molecular complexity index is 758. The standard InChI is InChI=1S/C17H18N2O/c1-11(2)19-10-15-8-14(13-5-4-6-18-9-13)7-12(3)16(15)17(19)20/h4-11,20H,1-3H3. The number of hydrogen-bond donors (Lipinski definition) is 1. The van der Waals surface area contributed by atoms with Crippen LogP contribution in [0.25, 0.3) is 21.9 Å². The first-order valence-corrected chi connectivity index (χ1v) is 6.82. The van der Waals surface area contributed by atoms with Crippen LogP contribution in [0.5, 0.6) is 5.88 Å². The molecule has 0 radical (unpaired) electrons. The number of nitrogens with zero attached hydrogens (tertiary/aromatic N) is 2. The van der Waals surface area contributed by atoms with Crippen molar-refractivity contribution in [1.29, 1.82) is 0 Å². The van der Waals surface area contributed by atoms with Crippen molar-refractivity contribution >= 4 is 10.8 Å². The van der Waals surface area contributed by atoms with Crippen LogP contribution in [0.4, 0.5) is 0 Å². The van der Waals surface area contributed by atoms with E-state index in [-0.39, 0.29) is 6.04 Å². The van der Waals surface area contributed by atoms with Crippen molar-refractivity contribution in [2.24, 2.45) is 0 Å². The van der Waals surface area contributed by atoms with Crippen LogP contribution in [0.15, 0.2) is 42.9 Å². The molecular formula is C17H18N2O. The Morgan fingerprint density at radius 2 is 2.00 bits per heavy atom. The Hall–Kier alpha value is -2.29. The highest BCUT2D eigenvalue weighted by molar-refractivity contribution is 5.94. The van der Waals surface area contributed by atoms with E-state index in [1.165, 1.54) is 0 Å². The van der Waals surface area contributed by atoms with Crippen LogP contribution >= 0.6 is 0 Å². The molecule has 3 aromatic rings. The van der Waals surface area contributed by atoms with Crippen molar-refractivity contribution in [2.75, 3.05) is 0 Å². The van der Waals surface area contributed by atoms with Crippen LogP contribution in [0.3, 0.4) is 0 Å². The van der Waals surface area contributed by atoms with E-state index in [4.69, 9.17) is 0 Å². The minimum atomic E-state index is 0.239. The highest BCUT2D eigenvalue weighted by Crippen LogP contribution is 2.35. The molecule has 2 heterocycles. The molecule has 2 aromatic heterocycles. The third-order valence-corrected chi connectivity index (χ3v) is 3.66. The predicted molar refractivity (Wildman–Crippen MR) is 82.0 cm³/mol. The van der Waals surface area contributed by atoms with E-state index in [0.29, 0.717) is 5.88 Å². The van der Waals surface area contributed by atoms with Crippen molar-refractivity contribution in [2.45, 2.75) is 26.8 Å². The van der Waals surface area contributed by atoms with Gasteiger partial charge in [0.1, 0.15) is 0 Å². The van der Waals surface area contributed by atoms with Gasteiger partial charge in [-0.05, 0) is 44.0 Å². The van der Waals surface area contributed by atoms with E-state index in [1.54, 1.807) is 6.20 Å². The van der Waals surface area contributed by atoms with Crippen molar-refractivity contribution in [3.05, 3.63) is 48.4 Å². The topological polar surface area (TPSA) is 38.0 Å². The van der Waals surface area contributed by atoms with Gasteiger partial charge in [0.25, 0.3) is 0 Å². The molecule has 0 bridgehead atoms. The summed E-state index contributed by atoms with van der Waals surface area (Å²) in [6.45, 7) is 6.17. The number of aromatic nitrogens is 2. The van der Waals surface area contributed by atoms with E-state index in [9.17, 15) is 5.11 Å². The molecule has 0 aliphatic heterocycles. The molecule has 0 aliphatic rings. The average molecular weight is 266 g/mol. The van der Waals surface area contributed by atoms with Gasteiger partial charge in [0.05, 0.1) is 0 Å². The summed E-state index contributed by atoms with van der Waals surface area (Å²) in [6.07, 6.45) is 5.65. The van der Waals surface area contributed by atoms with Crippen molar-refractivity contribution in [3.63, 3.8) is 0 Å². The molecule has 0 spiro atoms. The molecule has 3 rings (SSSR count). The Labute approximate surface area is 118 Å². The molecule has 0 aliphatic carbocycles. The van der Waals surface area contributed by atoms with E-state index in [2.05, 4.69) is 31.0 Å². The number of aryl methyl sites for hydroxylation is 1. The maximum Gasteiger partial charge on any atom is 0.199 e. The lowest BCUT2D eigenvalue weighted by Crippen LogP contribution is -1.96. The molecule has 1 aromatic carbocycles. The molecule has 0 fully saturated rings. The SMILES string of the molecule is Cc1cc(-c2cccnc2)cc2cn(C(C)C)c(O)c12. The second-order valence-corrected chi connectivity index (χ2v) is 5.45. The minimum Gasteiger partial charge on any atom is -0.494 e. The Morgan fingerprint density at radius 3 is 2.65 bits per heavy atom. The summed E-state index contributed by atoms with van der Waals surface area (Å²) < 4.78 is 1.91. The lowest BCUT2D eigenvalue weighted by atomic mass is 10.0. The number of benzene rings is 1. The summed E-state index contributed by atoms with van der Waals surface area (Å²) in [4.78, 5) is 4.17. The molecule has 3 nitrogen and oxygen atoms in total. The van der Waals surface area contributed by atoms with E-state index >= 15 is 0 Å². The molecule has 0 unspecified atom stereocenters. The van der Waals surface area contributed by atoms with Gasteiger partial charge in [-0.3, -0.25) is 4.98 Å². The zero-order valence-electron chi connectivity index (χ0n) is 12.0. The maximum atomic E-state index is 10.4. The van der Waals surface area contributed by atoms with Crippen LogP contribution in [0, 0.1) is 6.92 Å². The molecule has 0 amide bonds. The van der Waals surface area contributed by atoms with E-state index in [0.717, 1.165) is 27.5 Å². The van der Waals surface area contributed by atoms with Crippen molar-refractivity contribution in [3.8, 4) is 17.0 Å². The largest absolute Gasteiger partial charge is 0.494 e. The highest BCUT2D eigenvalue weighted by atomic mass is 16.3. The first-order chi connectivity index (χ1) is 9.58.